The minimum Gasteiger partial charge on any atom is -0.508 e. The fraction of sp³-hybridized carbons (Fsp3) is 0.100. The van der Waals surface area contributed by atoms with Gasteiger partial charge in [-0.15, -0.1) is 0 Å². The van der Waals surface area contributed by atoms with E-state index in [0.717, 1.165) is 50.1 Å². The summed E-state index contributed by atoms with van der Waals surface area (Å²) in [5.74, 6) is 0.595. The number of hydrogen-bond acceptors (Lipinski definition) is 4. The number of anilines is 1. The highest BCUT2D eigenvalue weighted by atomic mass is 16.3. The third-order valence-corrected chi connectivity index (χ3v) is 6.39. The van der Waals surface area contributed by atoms with E-state index in [1.165, 1.54) is 0 Å². The molecule has 0 bridgehead atoms. The summed E-state index contributed by atoms with van der Waals surface area (Å²) < 4.78 is 0. The summed E-state index contributed by atoms with van der Waals surface area (Å²) in [6, 6.07) is 29.6. The number of carbonyl (C=O) groups excluding carboxylic acids is 1. The number of aromatic nitrogens is 2. The predicted molar refractivity (Wildman–Crippen MR) is 137 cm³/mol. The molecule has 0 saturated heterocycles. The number of hydrogen-bond donors (Lipinski definition) is 2. The van der Waals surface area contributed by atoms with Crippen LogP contribution in [0.15, 0.2) is 91.0 Å². The van der Waals surface area contributed by atoms with E-state index in [2.05, 4.69) is 23.5 Å². The van der Waals surface area contributed by atoms with Crippen molar-refractivity contribution in [1.29, 1.82) is 0 Å². The molecule has 1 aliphatic rings. The fourth-order valence-corrected chi connectivity index (χ4v) is 4.70. The molecule has 0 saturated carbocycles. The first-order valence-corrected chi connectivity index (χ1v) is 11.7. The zero-order chi connectivity index (χ0) is 23.8. The Morgan fingerprint density at radius 3 is 2.49 bits per heavy atom. The van der Waals surface area contributed by atoms with Crippen LogP contribution in [-0.4, -0.2) is 21.0 Å². The lowest BCUT2D eigenvalue weighted by Gasteiger charge is -2.13. The van der Waals surface area contributed by atoms with E-state index in [-0.39, 0.29) is 18.1 Å². The van der Waals surface area contributed by atoms with Gasteiger partial charge >= 0.3 is 0 Å². The lowest BCUT2D eigenvalue weighted by molar-refractivity contribution is -0.115. The summed E-state index contributed by atoms with van der Waals surface area (Å²) in [5.41, 5.74) is 6.36. The molecule has 0 radical (unpaired) electrons. The number of phenols is 1. The SMILES string of the molecule is O=C(Cc1ccc2ccccc2c1)Nc1nc2c(nc1Cc1ccccc1)-c1ccc(O)cc1C2. The Labute approximate surface area is 203 Å². The van der Waals surface area contributed by atoms with Crippen LogP contribution in [0, 0.1) is 0 Å². The quantitative estimate of drug-likeness (QED) is 0.349. The Bertz CT molecular complexity index is 1580. The minimum absolute atomic E-state index is 0.128. The van der Waals surface area contributed by atoms with Crippen molar-refractivity contribution in [3.05, 3.63) is 119 Å². The summed E-state index contributed by atoms with van der Waals surface area (Å²) in [7, 11) is 0. The van der Waals surface area contributed by atoms with E-state index in [0.29, 0.717) is 18.7 Å². The predicted octanol–water partition coefficient (Wildman–Crippen LogP) is 5.68. The standard InChI is InChI=1S/C30H23N3O2/c34-24-12-13-25-23(17-24)18-26-29(25)31-27(15-19-6-2-1-3-7-19)30(32-26)33-28(35)16-20-10-11-21-8-4-5-9-22(21)14-20/h1-14,17,34H,15-16,18H2,(H,32,33,35). The molecule has 0 aliphatic heterocycles. The molecule has 1 aliphatic carbocycles. The molecule has 0 fully saturated rings. The van der Waals surface area contributed by atoms with Crippen molar-refractivity contribution >= 4 is 22.5 Å². The number of amides is 1. The van der Waals surface area contributed by atoms with Gasteiger partial charge < -0.3 is 10.4 Å². The van der Waals surface area contributed by atoms with Crippen molar-refractivity contribution in [3.63, 3.8) is 0 Å². The lowest BCUT2D eigenvalue weighted by Crippen LogP contribution is -2.18. The molecule has 4 aromatic carbocycles. The first-order chi connectivity index (χ1) is 17.1. The second-order valence-electron chi connectivity index (χ2n) is 8.90. The van der Waals surface area contributed by atoms with Gasteiger partial charge in [-0.1, -0.05) is 72.8 Å². The van der Waals surface area contributed by atoms with Crippen molar-refractivity contribution in [2.75, 3.05) is 5.32 Å². The molecule has 5 heteroatoms. The Balaban J connectivity index is 1.32. The molecule has 0 unspecified atom stereocenters. The van der Waals surface area contributed by atoms with E-state index in [9.17, 15) is 9.90 Å². The molecule has 1 amide bonds. The summed E-state index contributed by atoms with van der Waals surface area (Å²) >= 11 is 0. The molecule has 6 rings (SSSR count). The highest BCUT2D eigenvalue weighted by Gasteiger charge is 2.25. The van der Waals surface area contributed by atoms with E-state index < -0.39 is 0 Å². The summed E-state index contributed by atoms with van der Waals surface area (Å²) in [6.45, 7) is 0. The van der Waals surface area contributed by atoms with Crippen molar-refractivity contribution in [1.82, 2.24) is 9.97 Å². The lowest BCUT2D eigenvalue weighted by atomic mass is 10.0. The molecular weight excluding hydrogens is 434 g/mol. The number of benzene rings is 4. The molecule has 35 heavy (non-hydrogen) atoms. The molecule has 0 atom stereocenters. The van der Waals surface area contributed by atoms with Crippen LogP contribution in [0.2, 0.25) is 0 Å². The van der Waals surface area contributed by atoms with Gasteiger partial charge in [0.2, 0.25) is 5.91 Å². The Morgan fingerprint density at radius 1 is 0.829 bits per heavy atom. The first-order valence-electron chi connectivity index (χ1n) is 11.7. The maximum absolute atomic E-state index is 13.1. The number of phenolic OH excluding ortho intramolecular Hbond substituents is 1. The zero-order valence-electron chi connectivity index (χ0n) is 19.0. The van der Waals surface area contributed by atoms with Crippen molar-refractivity contribution in [3.8, 4) is 17.0 Å². The number of nitrogens with one attached hydrogen (secondary N) is 1. The molecule has 1 aromatic heterocycles. The molecule has 5 nitrogen and oxygen atoms in total. The van der Waals surface area contributed by atoms with Crippen LogP contribution >= 0.6 is 0 Å². The van der Waals surface area contributed by atoms with Crippen LogP contribution in [0.3, 0.4) is 0 Å². The van der Waals surface area contributed by atoms with Crippen LogP contribution < -0.4 is 5.32 Å². The van der Waals surface area contributed by atoms with Gasteiger partial charge in [0, 0.05) is 18.4 Å². The highest BCUT2D eigenvalue weighted by molar-refractivity contribution is 5.93. The van der Waals surface area contributed by atoms with E-state index in [4.69, 9.17) is 9.97 Å². The van der Waals surface area contributed by atoms with Gasteiger partial charge in [0.15, 0.2) is 5.82 Å². The second kappa shape index (κ2) is 8.69. The van der Waals surface area contributed by atoms with Gasteiger partial charge in [-0.05, 0) is 45.7 Å². The van der Waals surface area contributed by atoms with Crippen LogP contribution in [0.25, 0.3) is 22.0 Å². The molecular formula is C30H23N3O2. The molecule has 5 aromatic rings. The maximum atomic E-state index is 13.1. The van der Waals surface area contributed by atoms with Crippen LogP contribution in [0.5, 0.6) is 5.75 Å². The van der Waals surface area contributed by atoms with Crippen molar-refractivity contribution in [2.24, 2.45) is 0 Å². The molecule has 170 valence electrons. The topological polar surface area (TPSA) is 75.1 Å². The normalized spacial score (nSPS) is 11.8. The minimum atomic E-state index is -0.128. The summed E-state index contributed by atoms with van der Waals surface area (Å²) in [6.07, 6.45) is 1.38. The Morgan fingerprint density at radius 2 is 1.63 bits per heavy atom. The summed E-state index contributed by atoms with van der Waals surface area (Å²) in [4.78, 5) is 22.9. The zero-order valence-corrected chi connectivity index (χ0v) is 19.0. The van der Waals surface area contributed by atoms with E-state index >= 15 is 0 Å². The monoisotopic (exact) mass is 457 g/mol. The maximum Gasteiger partial charge on any atom is 0.229 e. The van der Waals surface area contributed by atoms with Crippen LogP contribution in [-0.2, 0) is 24.1 Å². The van der Waals surface area contributed by atoms with Gasteiger partial charge in [0.1, 0.15) is 5.75 Å². The smallest absolute Gasteiger partial charge is 0.229 e. The Hall–Kier alpha value is -4.51. The Kier molecular flexibility index (Phi) is 5.23. The van der Waals surface area contributed by atoms with Gasteiger partial charge in [0.05, 0.1) is 23.5 Å². The number of carbonyl (C=O) groups is 1. The number of rotatable bonds is 5. The van der Waals surface area contributed by atoms with Gasteiger partial charge in [-0.3, -0.25) is 4.79 Å². The van der Waals surface area contributed by atoms with E-state index in [1.54, 1.807) is 12.1 Å². The average Bonchev–Trinajstić information content (AvgIpc) is 3.21. The number of fused-ring (bicyclic) bond motifs is 4. The second-order valence-corrected chi connectivity index (χ2v) is 8.90. The third-order valence-electron chi connectivity index (χ3n) is 6.39. The van der Waals surface area contributed by atoms with Crippen molar-refractivity contribution < 1.29 is 9.90 Å². The van der Waals surface area contributed by atoms with Crippen molar-refractivity contribution in [2.45, 2.75) is 19.3 Å². The van der Waals surface area contributed by atoms with Gasteiger partial charge in [-0.25, -0.2) is 9.97 Å². The number of aromatic hydroxyl groups is 1. The van der Waals surface area contributed by atoms with E-state index in [1.807, 2.05) is 60.7 Å². The van der Waals surface area contributed by atoms with Gasteiger partial charge in [-0.2, -0.15) is 0 Å². The fourth-order valence-electron chi connectivity index (χ4n) is 4.70. The van der Waals surface area contributed by atoms with Gasteiger partial charge in [0.25, 0.3) is 0 Å². The summed E-state index contributed by atoms with van der Waals surface area (Å²) in [5, 5.41) is 15.2. The number of nitrogens with zero attached hydrogens (tertiary/aromatic N) is 2. The van der Waals surface area contributed by atoms with Crippen LogP contribution in [0.1, 0.15) is 28.1 Å². The largest absolute Gasteiger partial charge is 0.508 e. The van der Waals surface area contributed by atoms with Crippen LogP contribution in [0.4, 0.5) is 5.82 Å². The molecule has 2 N–H and O–H groups in total. The highest BCUT2D eigenvalue weighted by Crippen LogP contribution is 2.37. The molecule has 1 heterocycles. The average molecular weight is 458 g/mol. The first kappa shape index (κ1) is 21.1. The third kappa shape index (κ3) is 4.24. The molecule has 0 spiro atoms.